The van der Waals surface area contributed by atoms with Gasteiger partial charge in [0.1, 0.15) is 0 Å². The van der Waals surface area contributed by atoms with Gasteiger partial charge in [0.25, 0.3) is 0 Å². The van der Waals surface area contributed by atoms with E-state index in [0.717, 1.165) is 28.8 Å². The number of hydrogen-bond donors (Lipinski definition) is 2. The second-order valence-electron chi connectivity index (χ2n) is 7.46. The molecule has 6 heteroatoms. The molecule has 0 saturated heterocycles. The summed E-state index contributed by atoms with van der Waals surface area (Å²) < 4.78 is 28.1. The zero-order valence-corrected chi connectivity index (χ0v) is 18.7. The van der Waals surface area contributed by atoms with Crippen molar-refractivity contribution >= 4 is 21.6 Å². The van der Waals surface area contributed by atoms with Crippen LogP contribution in [0.15, 0.2) is 83.8 Å². The van der Waals surface area contributed by atoms with Crippen LogP contribution in [0.1, 0.15) is 43.0 Å². The molecular weight excluding hydrogens is 408 g/mol. The number of sulfonamides is 1. The minimum absolute atomic E-state index is 0.0593. The number of benzene rings is 3. The van der Waals surface area contributed by atoms with Gasteiger partial charge in [0.05, 0.1) is 4.90 Å². The highest BCUT2D eigenvalue weighted by Crippen LogP contribution is 2.19. The van der Waals surface area contributed by atoms with Gasteiger partial charge >= 0.3 is 0 Å². The summed E-state index contributed by atoms with van der Waals surface area (Å²) in [6.07, 6.45) is 1.71. The average molecular weight is 437 g/mol. The van der Waals surface area contributed by atoms with Crippen LogP contribution in [0.2, 0.25) is 0 Å². The van der Waals surface area contributed by atoms with E-state index < -0.39 is 10.0 Å². The fourth-order valence-corrected chi connectivity index (χ4v) is 4.60. The minimum atomic E-state index is -3.63. The lowest BCUT2D eigenvalue weighted by molar-refractivity contribution is -0.116. The molecule has 0 bridgehead atoms. The van der Waals surface area contributed by atoms with Crippen molar-refractivity contribution in [2.75, 3.05) is 5.32 Å². The van der Waals surface area contributed by atoms with Crippen molar-refractivity contribution in [2.24, 2.45) is 0 Å². The lowest BCUT2D eigenvalue weighted by Gasteiger charge is -2.15. The third kappa shape index (κ3) is 6.26. The predicted molar refractivity (Wildman–Crippen MR) is 124 cm³/mol. The zero-order chi connectivity index (χ0) is 22.3. The number of carbonyl (C=O) groups is 1. The molecule has 1 amide bonds. The Morgan fingerprint density at radius 1 is 0.903 bits per heavy atom. The summed E-state index contributed by atoms with van der Waals surface area (Å²) in [4.78, 5) is 12.5. The quantitative estimate of drug-likeness (QED) is 0.503. The maximum Gasteiger partial charge on any atom is 0.241 e. The summed E-state index contributed by atoms with van der Waals surface area (Å²) in [6.45, 7) is 3.87. The van der Waals surface area contributed by atoms with Crippen molar-refractivity contribution in [3.63, 3.8) is 0 Å². The van der Waals surface area contributed by atoms with Gasteiger partial charge in [-0.05, 0) is 54.7 Å². The first kappa shape index (κ1) is 22.7. The number of hydrogen-bond acceptors (Lipinski definition) is 3. The summed E-state index contributed by atoms with van der Waals surface area (Å²) in [5, 5.41) is 2.96. The van der Waals surface area contributed by atoms with Crippen molar-refractivity contribution in [1.29, 1.82) is 0 Å². The fraction of sp³-hybridized carbons (Fsp3) is 0.240. The molecule has 162 valence electrons. The van der Waals surface area contributed by atoms with Crippen LogP contribution in [0, 0.1) is 0 Å². The zero-order valence-electron chi connectivity index (χ0n) is 17.8. The number of para-hydroxylation sites is 1. The molecule has 0 aliphatic carbocycles. The molecule has 3 rings (SSSR count). The van der Waals surface area contributed by atoms with Crippen LogP contribution in [0.3, 0.4) is 0 Å². The molecule has 2 N–H and O–H groups in total. The smallest absolute Gasteiger partial charge is 0.241 e. The van der Waals surface area contributed by atoms with Crippen LogP contribution >= 0.6 is 0 Å². The second-order valence-corrected chi connectivity index (χ2v) is 9.17. The number of carbonyl (C=O) groups excluding carboxylic acids is 1. The Balaban J connectivity index is 1.57. The molecule has 3 aromatic rings. The van der Waals surface area contributed by atoms with Crippen LogP contribution < -0.4 is 10.0 Å². The third-order valence-electron chi connectivity index (χ3n) is 5.18. The fourth-order valence-electron chi connectivity index (χ4n) is 3.37. The predicted octanol–water partition coefficient (Wildman–Crippen LogP) is 4.86. The van der Waals surface area contributed by atoms with Crippen molar-refractivity contribution < 1.29 is 13.2 Å². The van der Waals surface area contributed by atoms with Crippen molar-refractivity contribution in [3.05, 3.63) is 95.6 Å². The van der Waals surface area contributed by atoms with Crippen LogP contribution in [0.25, 0.3) is 0 Å². The van der Waals surface area contributed by atoms with E-state index in [0.29, 0.717) is 12.8 Å². The van der Waals surface area contributed by atoms with Gasteiger partial charge in [0.15, 0.2) is 0 Å². The van der Waals surface area contributed by atoms with Crippen LogP contribution in [0.4, 0.5) is 5.69 Å². The standard InChI is InChI=1S/C25H28N2O3S/c1-3-21-9-7-8-12-24(21)26-25(28)18-15-20-13-16-23(17-14-20)31(29,30)27-19(2)22-10-5-4-6-11-22/h4-14,16-17,19,27H,3,15,18H2,1-2H3,(H,26,28)/t19-/m1/s1. The Labute approximate surface area is 184 Å². The molecule has 0 radical (unpaired) electrons. The average Bonchev–Trinajstić information content (AvgIpc) is 2.78. The van der Waals surface area contributed by atoms with E-state index in [2.05, 4.69) is 17.0 Å². The molecule has 0 heterocycles. The highest BCUT2D eigenvalue weighted by molar-refractivity contribution is 7.89. The maximum atomic E-state index is 12.7. The summed E-state index contributed by atoms with van der Waals surface area (Å²) >= 11 is 0. The lowest BCUT2D eigenvalue weighted by Crippen LogP contribution is -2.26. The summed E-state index contributed by atoms with van der Waals surface area (Å²) in [5.74, 6) is -0.0593. The largest absolute Gasteiger partial charge is 0.326 e. The van der Waals surface area contributed by atoms with E-state index in [1.807, 2.05) is 61.5 Å². The van der Waals surface area contributed by atoms with Crippen LogP contribution in [-0.4, -0.2) is 14.3 Å². The second kappa shape index (κ2) is 10.4. The maximum absolute atomic E-state index is 12.7. The van der Waals surface area contributed by atoms with Crippen LogP contribution in [0.5, 0.6) is 0 Å². The molecule has 0 aromatic heterocycles. The van der Waals surface area contributed by atoms with Gasteiger partial charge in [-0.2, -0.15) is 0 Å². The van der Waals surface area contributed by atoms with Gasteiger partial charge in [-0.25, -0.2) is 13.1 Å². The highest BCUT2D eigenvalue weighted by atomic mass is 32.2. The van der Waals surface area contributed by atoms with E-state index in [1.54, 1.807) is 24.3 Å². The first-order valence-electron chi connectivity index (χ1n) is 10.4. The first-order valence-corrected chi connectivity index (χ1v) is 11.9. The topological polar surface area (TPSA) is 75.3 Å². The van der Waals surface area contributed by atoms with E-state index >= 15 is 0 Å². The van der Waals surface area contributed by atoms with Crippen molar-refractivity contribution in [1.82, 2.24) is 4.72 Å². The number of rotatable bonds is 9. The monoisotopic (exact) mass is 436 g/mol. The lowest BCUT2D eigenvalue weighted by atomic mass is 10.1. The Morgan fingerprint density at radius 2 is 1.55 bits per heavy atom. The van der Waals surface area contributed by atoms with Gasteiger partial charge < -0.3 is 5.32 Å². The Bertz CT molecular complexity index is 1110. The SMILES string of the molecule is CCc1ccccc1NC(=O)CCc1ccc(S(=O)(=O)N[C@H](C)c2ccccc2)cc1. The van der Waals surface area contributed by atoms with Gasteiger partial charge in [-0.3, -0.25) is 4.79 Å². The normalized spacial score (nSPS) is 12.3. The number of amides is 1. The van der Waals surface area contributed by atoms with Gasteiger partial charge in [0, 0.05) is 18.2 Å². The molecule has 31 heavy (non-hydrogen) atoms. The number of anilines is 1. The van der Waals surface area contributed by atoms with E-state index in [9.17, 15) is 13.2 Å². The van der Waals surface area contributed by atoms with Crippen molar-refractivity contribution in [2.45, 2.75) is 44.0 Å². The molecule has 0 unspecified atom stereocenters. The summed E-state index contributed by atoms with van der Waals surface area (Å²) in [7, 11) is -3.63. The Morgan fingerprint density at radius 3 is 2.23 bits per heavy atom. The van der Waals surface area contributed by atoms with Crippen molar-refractivity contribution in [3.8, 4) is 0 Å². The van der Waals surface area contributed by atoms with E-state index in [-0.39, 0.29) is 16.8 Å². The van der Waals surface area contributed by atoms with Crippen LogP contribution in [-0.2, 0) is 27.7 Å². The summed E-state index contributed by atoms with van der Waals surface area (Å²) in [5.41, 5.74) is 3.75. The van der Waals surface area contributed by atoms with Gasteiger partial charge in [-0.15, -0.1) is 0 Å². The molecule has 0 aliphatic rings. The van der Waals surface area contributed by atoms with E-state index in [4.69, 9.17) is 0 Å². The number of nitrogens with one attached hydrogen (secondary N) is 2. The first-order chi connectivity index (χ1) is 14.9. The Kier molecular flexibility index (Phi) is 7.60. The molecule has 5 nitrogen and oxygen atoms in total. The molecule has 1 atom stereocenters. The molecule has 0 saturated carbocycles. The van der Waals surface area contributed by atoms with E-state index in [1.165, 1.54) is 0 Å². The highest BCUT2D eigenvalue weighted by Gasteiger charge is 2.18. The summed E-state index contributed by atoms with van der Waals surface area (Å²) in [6, 6.07) is 23.6. The van der Waals surface area contributed by atoms with Gasteiger partial charge in [-0.1, -0.05) is 67.6 Å². The molecule has 0 aliphatic heterocycles. The number of aryl methyl sites for hydroxylation is 2. The Hall–Kier alpha value is -2.96. The third-order valence-corrected chi connectivity index (χ3v) is 6.73. The minimum Gasteiger partial charge on any atom is -0.326 e. The molecule has 0 spiro atoms. The molecular formula is C25H28N2O3S. The van der Waals surface area contributed by atoms with Gasteiger partial charge in [0.2, 0.25) is 15.9 Å². The molecule has 0 fully saturated rings. The molecule has 3 aromatic carbocycles.